The number of allylic oxidation sites excluding steroid dienone is 4. The molecule has 1 aliphatic heterocycles. The highest BCUT2D eigenvalue weighted by Gasteiger charge is 2.79. The number of fused-ring (bicyclic) bond motifs is 7. The Morgan fingerprint density at radius 3 is 2.56 bits per heavy atom. The lowest BCUT2D eigenvalue weighted by Gasteiger charge is -2.63. The molecule has 230 valence electrons. The molecule has 0 radical (unpaired) electrons. The van der Waals surface area contributed by atoms with E-state index >= 15 is 8.78 Å². The predicted octanol–water partition coefficient (Wildman–Crippen LogP) is 6.14. The number of Topliss-reactive ketones (excluding diaryl/α,β-unsaturated/α-hetero) is 1. The summed E-state index contributed by atoms with van der Waals surface area (Å²) in [5, 5.41) is 11.7. The van der Waals surface area contributed by atoms with Gasteiger partial charge in [0.1, 0.15) is 12.8 Å². The van der Waals surface area contributed by atoms with Gasteiger partial charge in [0, 0.05) is 23.4 Å². The fourth-order valence-corrected chi connectivity index (χ4v) is 9.14. The van der Waals surface area contributed by atoms with Gasteiger partial charge in [-0.3, -0.25) is 9.59 Å². The van der Waals surface area contributed by atoms with Crippen molar-refractivity contribution in [1.29, 1.82) is 0 Å². The summed E-state index contributed by atoms with van der Waals surface area (Å²) < 4.78 is 52.1. The molecular formula is C33H48F2O6. The minimum Gasteiger partial charge on any atom is -0.390 e. The lowest BCUT2D eigenvalue weighted by molar-refractivity contribution is -0.235. The largest absolute Gasteiger partial charge is 0.390 e. The van der Waals surface area contributed by atoms with Crippen molar-refractivity contribution in [3.63, 3.8) is 0 Å². The SMILES string of the molecule is CCCCCCCCOCC(=O)[C@@]12OC(CCC)O[C@@H]1C[C@H]1[C@@H]3C[C@H](F)C4=CC(=O)C=C[C@]4(C)[C@@]3(F)[C@@H](O)C[C@@]12C. The van der Waals surface area contributed by atoms with Crippen LogP contribution >= 0.6 is 0 Å². The van der Waals surface area contributed by atoms with Gasteiger partial charge in [0.05, 0.1) is 12.2 Å². The maximum atomic E-state index is 17.5. The monoisotopic (exact) mass is 578 g/mol. The van der Waals surface area contributed by atoms with Crippen molar-refractivity contribution in [2.45, 2.75) is 134 Å². The zero-order valence-electron chi connectivity index (χ0n) is 25.1. The number of ether oxygens (including phenoxy) is 3. The van der Waals surface area contributed by atoms with Crippen LogP contribution in [0.5, 0.6) is 0 Å². The smallest absolute Gasteiger partial charge is 0.193 e. The Labute approximate surface area is 243 Å². The zero-order chi connectivity index (χ0) is 29.6. The summed E-state index contributed by atoms with van der Waals surface area (Å²) in [5.41, 5.74) is -5.96. The van der Waals surface area contributed by atoms with E-state index in [9.17, 15) is 14.7 Å². The van der Waals surface area contributed by atoms with Gasteiger partial charge in [-0.15, -0.1) is 0 Å². The van der Waals surface area contributed by atoms with E-state index in [1.165, 1.54) is 37.5 Å². The van der Waals surface area contributed by atoms with Crippen LogP contribution in [0.2, 0.25) is 0 Å². The number of aliphatic hydroxyl groups excluding tert-OH is 1. The van der Waals surface area contributed by atoms with Crippen LogP contribution < -0.4 is 0 Å². The predicted molar refractivity (Wildman–Crippen MR) is 151 cm³/mol. The van der Waals surface area contributed by atoms with Gasteiger partial charge in [0.2, 0.25) is 0 Å². The fraction of sp³-hybridized carbons (Fsp3) is 0.818. The lowest BCUT2D eigenvalue weighted by Crippen LogP contribution is -2.71. The van der Waals surface area contributed by atoms with Gasteiger partial charge in [0.15, 0.2) is 29.1 Å². The molecule has 4 aliphatic carbocycles. The molecule has 0 aromatic heterocycles. The van der Waals surface area contributed by atoms with Gasteiger partial charge in [-0.2, -0.15) is 0 Å². The Morgan fingerprint density at radius 2 is 1.83 bits per heavy atom. The Balaban J connectivity index is 1.41. The molecule has 10 atom stereocenters. The van der Waals surface area contributed by atoms with Crippen LogP contribution in [0.25, 0.3) is 0 Å². The normalized spacial score (nSPS) is 44.7. The van der Waals surface area contributed by atoms with Crippen LogP contribution in [0.15, 0.2) is 23.8 Å². The van der Waals surface area contributed by atoms with Gasteiger partial charge < -0.3 is 19.3 Å². The fourth-order valence-electron chi connectivity index (χ4n) is 9.14. The lowest BCUT2D eigenvalue weighted by atomic mass is 9.44. The molecule has 1 N–H and O–H groups in total. The van der Waals surface area contributed by atoms with Crippen LogP contribution in [0.4, 0.5) is 8.78 Å². The summed E-state index contributed by atoms with van der Waals surface area (Å²) in [6, 6.07) is 0. The molecule has 5 aliphatic rings. The second-order valence-electron chi connectivity index (χ2n) is 13.5. The molecule has 6 nitrogen and oxygen atoms in total. The molecule has 0 aromatic rings. The number of halogens is 2. The Morgan fingerprint density at radius 1 is 1.10 bits per heavy atom. The molecule has 1 unspecified atom stereocenters. The van der Waals surface area contributed by atoms with Crippen LogP contribution in [-0.2, 0) is 23.8 Å². The second-order valence-corrected chi connectivity index (χ2v) is 13.5. The zero-order valence-corrected chi connectivity index (χ0v) is 25.1. The molecule has 3 saturated carbocycles. The minimum atomic E-state index is -2.21. The maximum Gasteiger partial charge on any atom is 0.193 e. The first-order valence-corrected chi connectivity index (χ1v) is 15.9. The summed E-state index contributed by atoms with van der Waals surface area (Å²) in [6.45, 7) is 8.01. The molecule has 0 amide bonds. The van der Waals surface area contributed by atoms with Crippen molar-refractivity contribution >= 4 is 11.6 Å². The van der Waals surface area contributed by atoms with Crippen molar-refractivity contribution in [3.8, 4) is 0 Å². The average molecular weight is 579 g/mol. The van der Waals surface area contributed by atoms with Crippen molar-refractivity contribution < 1.29 is 37.7 Å². The van der Waals surface area contributed by atoms with E-state index in [1.807, 2.05) is 13.8 Å². The van der Waals surface area contributed by atoms with Gasteiger partial charge in [-0.25, -0.2) is 8.78 Å². The first-order valence-electron chi connectivity index (χ1n) is 15.9. The van der Waals surface area contributed by atoms with Crippen molar-refractivity contribution in [1.82, 2.24) is 0 Å². The van der Waals surface area contributed by atoms with Crippen LogP contribution in [-0.4, -0.2) is 65.8 Å². The summed E-state index contributed by atoms with van der Waals surface area (Å²) in [6.07, 6.45) is 7.92. The first-order chi connectivity index (χ1) is 19.5. The van der Waals surface area contributed by atoms with Gasteiger partial charge >= 0.3 is 0 Å². The number of rotatable bonds is 12. The van der Waals surface area contributed by atoms with Crippen LogP contribution in [0.3, 0.4) is 0 Å². The third-order valence-electron chi connectivity index (χ3n) is 11.2. The summed E-state index contributed by atoms with van der Waals surface area (Å²) in [7, 11) is 0. The molecule has 0 spiro atoms. The van der Waals surface area contributed by atoms with E-state index in [0.29, 0.717) is 19.4 Å². The summed E-state index contributed by atoms with van der Waals surface area (Å²) >= 11 is 0. The van der Waals surface area contributed by atoms with Gasteiger partial charge in [0.25, 0.3) is 0 Å². The second kappa shape index (κ2) is 11.5. The number of aliphatic hydroxyl groups is 1. The highest BCUT2D eigenvalue weighted by Crippen LogP contribution is 2.72. The molecule has 4 fully saturated rings. The number of hydrogen-bond donors (Lipinski definition) is 1. The third-order valence-corrected chi connectivity index (χ3v) is 11.2. The number of alkyl halides is 2. The number of ketones is 2. The average Bonchev–Trinajstić information content (AvgIpc) is 3.41. The minimum absolute atomic E-state index is 0.0336. The summed E-state index contributed by atoms with van der Waals surface area (Å²) in [4.78, 5) is 26.2. The number of carbonyl (C=O) groups excluding carboxylic acids is 2. The topological polar surface area (TPSA) is 82.1 Å². The molecular weight excluding hydrogens is 530 g/mol. The van der Waals surface area contributed by atoms with Crippen molar-refractivity contribution in [3.05, 3.63) is 23.8 Å². The molecule has 1 heterocycles. The first kappa shape index (κ1) is 31.0. The molecule has 0 bridgehead atoms. The quantitative estimate of drug-likeness (QED) is 0.280. The highest BCUT2D eigenvalue weighted by molar-refractivity contribution is 6.01. The van der Waals surface area contributed by atoms with Crippen molar-refractivity contribution in [2.75, 3.05) is 13.2 Å². The standard InChI is InChI=1S/C33H48F2O6/c1-5-7-8-9-10-11-15-39-20-27(38)33-28(40-29(41-33)12-6-2)18-22-23-17-25(34)24-16-21(36)13-14-30(24,3)32(23,35)26(37)19-31(22,33)4/h13-14,16,22-23,25-26,28-29,37H,5-12,15,17-20H2,1-4H3/t22-,23-,25-,26-,28+,29?,30-,31-,32-,33+/m0/s1. The Hall–Kier alpha value is -1.48. The summed E-state index contributed by atoms with van der Waals surface area (Å²) in [5.74, 6) is -1.96. The van der Waals surface area contributed by atoms with E-state index in [1.54, 1.807) is 6.92 Å². The molecule has 8 heteroatoms. The molecule has 5 rings (SSSR count). The highest BCUT2D eigenvalue weighted by atomic mass is 19.1. The number of unbranched alkanes of at least 4 members (excludes halogenated alkanes) is 5. The molecule has 0 aromatic carbocycles. The van der Waals surface area contributed by atoms with Gasteiger partial charge in [-0.05, 0) is 62.7 Å². The Bertz CT molecular complexity index is 1080. The molecule has 1 saturated heterocycles. The number of carbonyl (C=O) groups is 2. The number of hydrogen-bond acceptors (Lipinski definition) is 6. The van der Waals surface area contributed by atoms with Crippen LogP contribution in [0.1, 0.15) is 98.3 Å². The van der Waals surface area contributed by atoms with Crippen molar-refractivity contribution in [2.24, 2.45) is 22.7 Å². The van der Waals surface area contributed by atoms with E-state index in [0.717, 1.165) is 25.7 Å². The van der Waals surface area contributed by atoms with E-state index in [2.05, 4.69) is 6.92 Å². The van der Waals surface area contributed by atoms with Crippen LogP contribution in [0, 0.1) is 22.7 Å². The van der Waals surface area contributed by atoms with Gasteiger partial charge in [-0.1, -0.05) is 65.4 Å². The third kappa shape index (κ3) is 4.61. The van der Waals surface area contributed by atoms with E-state index < -0.39 is 58.6 Å². The van der Waals surface area contributed by atoms with E-state index in [4.69, 9.17) is 14.2 Å². The molecule has 41 heavy (non-hydrogen) atoms. The maximum absolute atomic E-state index is 17.5. The van der Waals surface area contributed by atoms with E-state index in [-0.39, 0.29) is 36.6 Å². The Kier molecular flexibility index (Phi) is 8.72.